The van der Waals surface area contributed by atoms with Crippen molar-refractivity contribution >= 4 is 28.1 Å². The van der Waals surface area contributed by atoms with Crippen molar-refractivity contribution in [2.24, 2.45) is 0 Å². The second-order valence-electron chi connectivity index (χ2n) is 7.68. The van der Waals surface area contributed by atoms with Gasteiger partial charge in [-0.2, -0.15) is 0 Å². The molecule has 2 heterocycles. The first kappa shape index (κ1) is 19.0. The molecule has 1 amide bonds. The monoisotopic (exact) mass is 398 g/mol. The normalized spacial score (nSPS) is 17.0. The van der Waals surface area contributed by atoms with Crippen LogP contribution in [-0.4, -0.2) is 29.7 Å². The number of rotatable bonds is 6. The molecule has 1 aromatic carbocycles. The highest BCUT2D eigenvalue weighted by atomic mass is 32.1. The van der Waals surface area contributed by atoms with Crippen molar-refractivity contribution in [2.75, 3.05) is 13.7 Å². The van der Waals surface area contributed by atoms with Gasteiger partial charge in [0.1, 0.15) is 11.4 Å². The largest absolute Gasteiger partial charge is 0.497 e. The quantitative estimate of drug-likeness (QED) is 0.571. The van der Waals surface area contributed by atoms with Gasteiger partial charge in [-0.1, -0.05) is 12.8 Å². The van der Waals surface area contributed by atoms with Crippen LogP contribution in [0.1, 0.15) is 59.0 Å². The number of amides is 1. The van der Waals surface area contributed by atoms with Crippen LogP contribution >= 0.6 is 11.3 Å². The van der Waals surface area contributed by atoms with Crippen LogP contribution in [0, 0.1) is 0 Å². The molecule has 3 aromatic rings. The Morgan fingerprint density at radius 3 is 2.75 bits per heavy atom. The first-order valence-electron chi connectivity index (χ1n) is 9.74. The Balaban J connectivity index is 1.51. The topological polar surface area (TPSA) is 74.3 Å². The number of thiophene rings is 1. The minimum atomic E-state index is -0.449. The van der Waals surface area contributed by atoms with Gasteiger partial charge in [0.05, 0.1) is 13.2 Å². The predicted molar refractivity (Wildman–Crippen MR) is 112 cm³/mol. The standard InChI is InChI=1S/C22H26N2O3S/c1-14(25)19-7-8-20(28-19)22(9-3-4-10-22)13-23-21(26)18-11-15-5-6-16(27-2)12-17(15)24-18/h5-8,11-12,14,24-25H,3-4,9-10,13H2,1-2H3,(H,23,26)/t14-/m0/s1. The van der Waals surface area contributed by atoms with Gasteiger partial charge in [-0.3, -0.25) is 4.79 Å². The minimum absolute atomic E-state index is 0.0251. The lowest BCUT2D eigenvalue weighted by molar-refractivity contribution is 0.0939. The Labute approximate surface area is 168 Å². The summed E-state index contributed by atoms with van der Waals surface area (Å²) in [6.45, 7) is 2.41. The number of aliphatic hydroxyl groups is 1. The van der Waals surface area contributed by atoms with E-state index in [0.29, 0.717) is 12.2 Å². The highest BCUT2D eigenvalue weighted by molar-refractivity contribution is 7.12. The van der Waals surface area contributed by atoms with E-state index in [0.717, 1.165) is 34.4 Å². The van der Waals surface area contributed by atoms with E-state index >= 15 is 0 Å². The van der Waals surface area contributed by atoms with Gasteiger partial charge in [0.2, 0.25) is 0 Å². The summed E-state index contributed by atoms with van der Waals surface area (Å²) in [4.78, 5) is 18.2. The number of hydrogen-bond acceptors (Lipinski definition) is 4. The molecule has 0 aliphatic heterocycles. The molecule has 1 aliphatic rings. The van der Waals surface area contributed by atoms with Crippen LogP contribution in [0.5, 0.6) is 5.75 Å². The summed E-state index contributed by atoms with van der Waals surface area (Å²) in [5, 5.41) is 14.0. The van der Waals surface area contributed by atoms with Gasteiger partial charge in [-0.15, -0.1) is 11.3 Å². The average Bonchev–Trinajstić information content (AvgIpc) is 3.44. The summed E-state index contributed by atoms with van der Waals surface area (Å²) in [5.41, 5.74) is 1.43. The van der Waals surface area contributed by atoms with Crippen molar-refractivity contribution < 1.29 is 14.6 Å². The van der Waals surface area contributed by atoms with Gasteiger partial charge < -0.3 is 20.1 Å². The molecule has 0 unspecified atom stereocenters. The lowest BCUT2D eigenvalue weighted by Crippen LogP contribution is -2.38. The van der Waals surface area contributed by atoms with Crippen LogP contribution in [0.4, 0.5) is 0 Å². The van der Waals surface area contributed by atoms with Crippen molar-refractivity contribution in [1.29, 1.82) is 0 Å². The number of aromatic amines is 1. The Morgan fingerprint density at radius 1 is 1.29 bits per heavy atom. The van der Waals surface area contributed by atoms with E-state index < -0.39 is 6.10 Å². The van der Waals surface area contributed by atoms with Crippen LogP contribution < -0.4 is 10.1 Å². The Bertz CT molecular complexity index is 983. The first-order valence-corrected chi connectivity index (χ1v) is 10.6. The van der Waals surface area contributed by atoms with Crippen molar-refractivity contribution in [1.82, 2.24) is 10.3 Å². The molecular weight excluding hydrogens is 372 g/mol. The zero-order valence-corrected chi connectivity index (χ0v) is 17.1. The summed E-state index contributed by atoms with van der Waals surface area (Å²) in [6.07, 6.45) is 4.03. The third-order valence-corrected chi connectivity index (χ3v) is 7.29. The van der Waals surface area contributed by atoms with E-state index in [-0.39, 0.29) is 11.3 Å². The van der Waals surface area contributed by atoms with E-state index in [2.05, 4.69) is 16.4 Å². The second kappa shape index (κ2) is 7.60. The van der Waals surface area contributed by atoms with Gasteiger partial charge in [-0.05, 0) is 50.1 Å². The second-order valence-corrected chi connectivity index (χ2v) is 8.80. The zero-order chi connectivity index (χ0) is 19.7. The zero-order valence-electron chi connectivity index (χ0n) is 16.2. The highest BCUT2D eigenvalue weighted by Crippen LogP contribution is 2.44. The average molecular weight is 399 g/mol. The van der Waals surface area contributed by atoms with Crippen molar-refractivity contribution in [3.8, 4) is 5.75 Å². The number of fused-ring (bicyclic) bond motifs is 1. The summed E-state index contributed by atoms with van der Waals surface area (Å²) in [6, 6.07) is 11.7. The molecule has 0 radical (unpaired) electrons. The molecule has 1 saturated carbocycles. The molecule has 0 spiro atoms. The smallest absolute Gasteiger partial charge is 0.267 e. The molecule has 0 bridgehead atoms. The number of nitrogens with one attached hydrogen (secondary N) is 2. The number of carbonyl (C=O) groups excluding carboxylic acids is 1. The van der Waals surface area contributed by atoms with Crippen LogP contribution in [0.25, 0.3) is 10.9 Å². The number of carbonyl (C=O) groups is 1. The number of methoxy groups -OCH3 is 1. The number of aliphatic hydroxyl groups excluding tert-OH is 1. The van der Waals surface area contributed by atoms with Crippen LogP contribution in [0.2, 0.25) is 0 Å². The number of hydrogen-bond donors (Lipinski definition) is 3. The van der Waals surface area contributed by atoms with Gasteiger partial charge in [-0.25, -0.2) is 0 Å². The maximum Gasteiger partial charge on any atom is 0.267 e. The van der Waals surface area contributed by atoms with E-state index in [9.17, 15) is 9.90 Å². The fourth-order valence-electron chi connectivity index (χ4n) is 4.12. The number of aromatic nitrogens is 1. The van der Waals surface area contributed by atoms with Gasteiger partial charge in [0, 0.05) is 38.7 Å². The van der Waals surface area contributed by atoms with Crippen molar-refractivity contribution in [2.45, 2.75) is 44.1 Å². The molecule has 148 valence electrons. The summed E-state index contributed by atoms with van der Waals surface area (Å²) < 4.78 is 5.25. The Kier molecular flexibility index (Phi) is 5.17. The SMILES string of the molecule is COc1ccc2cc(C(=O)NCC3(c4ccc([C@H](C)O)s4)CCCC3)[nH]c2c1. The molecule has 2 aromatic heterocycles. The van der Waals surface area contributed by atoms with E-state index in [1.165, 1.54) is 17.7 Å². The van der Waals surface area contributed by atoms with Gasteiger partial charge >= 0.3 is 0 Å². The number of H-pyrrole nitrogens is 1. The van der Waals surface area contributed by atoms with Crippen LogP contribution in [0.3, 0.4) is 0 Å². The van der Waals surface area contributed by atoms with Crippen molar-refractivity contribution in [3.05, 3.63) is 51.8 Å². The molecule has 28 heavy (non-hydrogen) atoms. The fraction of sp³-hybridized carbons (Fsp3) is 0.409. The molecule has 5 nitrogen and oxygen atoms in total. The lowest BCUT2D eigenvalue weighted by Gasteiger charge is -2.28. The molecule has 4 rings (SSSR count). The van der Waals surface area contributed by atoms with E-state index in [4.69, 9.17) is 4.74 Å². The molecule has 1 fully saturated rings. The lowest BCUT2D eigenvalue weighted by atomic mass is 9.84. The van der Waals surface area contributed by atoms with E-state index in [1.54, 1.807) is 25.4 Å². The van der Waals surface area contributed by atoms with Crippen LogP contribution in [0.15, 0.2) is 36.4 Å². The minimum Gasteiger partial charge on any atom is -0.497 e. The molecular formula is C22H26N2O3S. The Morgan fingerprint density at radius 2 is 2.07 bits per heavy atom. The summed E-state index contributed by atoms with van der Waals surface area (Å²) >= 11 is 1.67. The van der Waals surface area contributed by atoms with Crippen molar-refractivity contribution in [3.63, 3.8) is 0 Å². The molecule has 6 heteroatoms. The maximum atomic E-state index is 12.8. The predicted octanol–water partition coefficient (Wildman–Crippen LogP) is 4.53. The maximum absolute atomic E-state index is 12.8. The van der Waals surface area contributed by atoms with Gasteiger partial charge in [0.25, 0.3) is 5.91 Å². The molecule has 1 aliphatic carbocycles. The molecule has 1 atom stereocenters. The van der Waals surface area contributed by atoms with Crippen LogP contribution in [-0.2, 0) is 5.41 Å². The van der Waals surface area contributed by atoms with E-state index in [1.807, 2.05) is 30.3 Å². The highest BCUT2D eigenvalue weighted by Gasteiger charge is 2.37. The summed E-state index contributed by atoms with van der Waals surface area (Å²) in [7, 11) is 1.63. The molecule has 3 N–H and O–H groups in total. The fourth-order valence-corrected chi connectivity index (χ4v) is 5.31. The molecule has 0 saturated heterocycles. The Hall–Kier alpha value is -2.31. The van der Waals surface area contributed by atoms with Gasteiger partial charge in [0.15, 0.2) is 0 Å². The first-order chi connectivity index (χ1) is 13.5. The third-order valence-electron chi connectivity index (χ3n) is 5.78. The number of ether oxygens (including phenoxy) is 1. The third kappa shape index (κ3) is 3.54. The number of benzene rings is 1. The summed E-state index contributed by atoms with van der Waals surface area (Å²) in [5.74, 6) is 0.673.